The SMILES string of the molecule is C#CCCC(CCOCCC)NCCC. The van der Waals surface area contributed by atoms with Gasteiger partial charge in [-0.15, -0.1) is 12.3 Å². The molecule has 0 rings (SSSR count). The summed E-state index contributed by atoms with van der Waals surface area (Å²) < 4.78 is 5.48. The molecule has 1 N–H and O–H groups in total. The number of nitrogens with one attached hydrogen (secondary N) is 1. The summed E-state index contributed by atoms with van der Waals surface area (Å²) in [6, 6.07) is 0.526. The topological polar surface area (TPSA) is 21.3 Å². The van der Waals surface area contributed by atoms with Crippen LogP contribution < -0.4 is 5.32 Å². The van der Waals surface area contributed by atoms with Crippen LogP contribution in [0.2, 0.25) is 0 Å². The third-order valence-electron chi connectivity index (χ3n) is 2.28. The van der Waals surface area contributed by atoms with Crippen LogP contribution in [0.3, 0.4) is 0 Å². The van der Waals surface area contributed by atoms with Crippen molar-refractivity contribution >= 4 is 0 Å². The highest BCUT2D eigenvalue weighted by atomic mass is 16.5. The van der Waals surface area contributed by atoms with Crippen molar-refractivity contribution in [2.75, 3.05) is 19.8 Å². The van der Waals surface area contributed by atoms with E-state index in [0.29, 0.717) is 6.04 Å². The highest BCUT2D eigenvalue weighted by Gasteiger charge is 2.06. The quantitative estimate of drug-likeness (QED) is 0.443. The molecule has 0 aromatic carbocycles. The van der Waals surface area contributed by atoms with Gasteiger partial charge in [0.1, 0.15) is 0 Å². The maximum absolute atomic E-state index is 5.48. The summed E-state index contributed by atoms with van der Waals surface area (Å²) in [5.41, 5.74) is 0. The molecule has 0 spiro atoms. The molecule has 2 nitrogen and oxygen atoms in total. The van der Waals surface area contributed by atoms with Crippen LogP contribution in [0.25, 0.3) is 0 Å². The molecule has 0 bridgehead atoms. The van der Waals surface area contributed by atoms with Crippen molar-refractivity contribution in [1.29, 1.82) is 0 Å². The lowest BCUT2D eigenvalue weighted by Crippen LogP contribution is -2.30. The average Bonchev–Trinajstić information content (AvgIpc) is 2.27. The van der Waals surface area contributed by atoms with Crippen molar-refractivity contribution in [3.8, 4) is 12.3 Å². The molecule has 2 heteroatoms. The number of ether oxygens (including phenoxy) is 1. The van der Waals surface area contributed by atoms with E-state index in [1.54, 1.807) is 0 Å². The molecule has 0 aliphatic heterocycles. The van der Waals surface area contributed by atoms with Gasteiger partial charge in [-0.25, -0.2) is 0 Å². The first kappa shape index (κ1) is 14.5. The van der Waals surface area contributed by atoms with Gasteiger partial charge in [0.2, 0.25) is 0 Å². The second kappa shape index (κ2) is 11.6. The fourth-order valence-corrected chi connectivity index (χ4v) is 1.43. The van der Waals surface area contributed by atoms with Crippen LogP contribution in [0.1, 0.15) is 46.0 Å². The summed E-state index contributed by atoms with van der Waals surface area (Å²) in [7, 11) is 0. The lowest BCUT2D eigenvalue weighted by atomic mass is 10.1. The summed E-state index contributed by atoms with van der Waals surface area (Å²) in [4.78, 5) is 0. The van der Waals surface area contributed by atoms with Crippen LogP contribution in [-0.4, -0.2) is 25.8 Å². The Morgan fingerprint density at radius 2 is 2.00 bits per heavy atom. The number of hydrogen-bond acceptors (Lipinski definition) is 2. The van der Waals surface area contributed by atoms with E-state index in [2.05, 4.69) is 25.1 Å². The monoisotopic (exact) mass is 211 g/mol. The molecule has 1 atom stereocenters. The van der Waals surface area contributed by atoms with Crippen molar-refractivity contribution in [2.24, 2.45) is 0 Å². The van der Waals surface area contributed by atoms with Gasteiger partial charge in [0.25, 0.3) is 0 Å². The van der Waals surface area contributed by atoms with Crippen molar-refractivity contribution < 1.29 is 4.74 Å². The molecule has 0 saturated heterocycles. The Kier molecular flexibility index (Phi) is 11.2. The molecule has 0 amide bonds. The van der Waals surface area contributed by atoms with E-state index >= 15 is 0 Å². The predicted octanol–water partition coefficient (Wildman–Crippen LogP) is 2.58. The van der Waals surface area contributed by atoms with Gasteiger partial charge in [0, 0.05) is 25.7 Å². The molecule has 0 aromatic rings. The van der Waals surface area contributed by atoms with Crippen molar-refractivity contribution in [1.82, 2.24) is 5.32 Å². The third-order valence-corrected chi connectivity index (χ3v) is 2.28. The number of rotatable bonds is 10. The molecule has 0 aliphatic carbocycles. The summed E-state index contributed by atoms with van der Waals surface area (Å²) in [6.07, 6.45) is 10.5. The van der Waals surface area contributed by atoms with Gasteiger partial charge in [-0.05, 0) is 32.2 Å². The predicted molar refractivity (Wildman–Crippen MR) is 65.9 cm³/mol. The fraction of sp³-hybridized carbons (Fsp3) is 0.846. The zero-order valence-corrected chi connectivity index (χ0v) is 10.2. The summed E-state index contributed by atoms with van der Waals surface area (Å²) in [5.74, 6) is 2.70. The first-order valence-electron chi connectivity index (χ1n) is 6.09. The van der Waals surface area contributed by atoms with Crippen LogP contribution in [0.15, 0.2) is 0 Å². The molecule has 0 aromatic heterocycles. The first-order valence-corrected chi connectivity index (χ1v) is 6.09. The molecule has 0 fully saturated rings. The van der Waals surface area contributed by atoms with E-state index in [9.17, 15) is 0 Å². The normalized spacial score (nSPS) is 12.3. The Morgan fingerprint density at radius 1 is 1.20 bits per heavy atom. The largest absolute Gasteiger partial charge is 0.381 e. The zero-order valence-electron chi connectivity index (χ0n) is 10.2. The lowest BCUT2D eigenvalue weighted by molar-refractivity contribution is 0.124. The second-order valence-corrected chi connectivity index (χ2v) is 3.79. The molecule has 1 unspecified atom stereocenters. The van der Waals surface area contributed by atoms with E-state index < -0.39 is 0 Å². The molecule has 0 saturated carbocycles. The van der Waals surface area contributed by atoms with Crippen LogP contribution in [0.5, 0.6) is 0 Å². The van der Waals surface area contributed by atoms with Gasteiger partial charge in [0.15, 0.2) is 0 Å². The van der Waals surface area contributed by atoms with Crippen LogP contribution >= 0.6 is 0 Å². The average molecular weight is 211 g/mol. The standard InChI is InChI=1S/C13H25NO/c1-4-7-8-13(14-10-5-2)9-12-15-11-6-3/h1,13-14H,5-12H2,2-3H3. The van der Waals surface area contributed by atoms with Crippen LogP contribution in [-0.2, 0) is 4.74 Å². The highest BCUT2D eigenvalue weighted by molar-refractivity contribution is 4.85. The minimum Gasteiger partial charge on any atom is -0.381 e. The zero-order chi connectivity index (χ0) is 11.4. The summed E-state index contributed by atoms with van der Waals surface area (Å²) >= 11 is 0. The van der Waals surface area contributed by atoms with Gasteiger partial charge in [-0.2, -0.15) is 0 Å². The van der Waals surface area contributed by atoms with E-state index in [1.165, 1.54) is 6.42 Å². The fourth-order valence-electron chi connectivity index (χ4n) is 1.43. The van der Waals surface area contributed by atoms with Gasteiger partial charge in [-0.3, -0.25) is 0 Å². The Labute approximate surface area is 94.8 Å². The summed E-state index contributed by atoms with van der Waals surface area (Å²) in [5, 5.41) is 3.51. The first-order chi connectivity index (χ1) is 7.35. The number of hydrogen-bond donors (Lipinski definition) is 1. The highest BCUT2D eigenvalue weighted by Crippen LogP contribution is 2.02. The molecule has 0 aliphatic rings. The van der Waals surface area contributed by atoms with E-state index in [1.807, 2.05) is 0 Å². The van der Waals surface area contributed by atoms with E-state index in [0.717, 1.165) is 45.4 Å². The Morgan fingerprint density at radius 3 is 2.60 bits per heavy atom. The summed E-state index contributed by atoms with van der Waals surface area (Å²) in [6.45, 7) is 7.10. The molecule has 0 heterocycles. The number of terminal acetylenes is 1. The van der Waals surface area contributed by atoms with Crippen LogP contribution in [0.4, 0.5) is 0 Å². The maximum Gasteiger partial charge on any atom is 0.0480 e. The Bertz CT molecular complexity index is 162. The van der Waals surface area contributed by atoms with Crippen molar-refractivity contribution in [3.05, 3.63) is 0 Å². The molecule has 15 heavy (non-hydrogen) atoms. The smallest absolute Gasteiger partial charge is 0.0480 e. The maximum atomic E-state index is 5.48. The molecule has 88 valence electrons. The molecular formula is C13H25NO. The molecular weight excluding hydrogens is 186 g/mol. The second-order valence-electron chi connectivity index (χ2n) is 3.79. The van der Waals surface area contributed by atoms with Crippen molar-refractivity contribution in [2.45, 2.75) is 52.0 Å². The van der Waals surface area contributed by atoms with E-state index in [-0.39, 0.29) is 0 Å². The third kappa shape index (κ3) is 9.78. The minimum atomic E-state index is 0.526. The Balaban J connectivity index is 3.55. The van der Waals surface area contributed by atoms with Crippen LogP contribution in [0, 0.1) is 12.3 Å². The van der Waals surface area contributed by atoms with Gasteiger partial charge in [0.05, 0.1) is 0 Å². The van der Waals surface area contributed by atoms with Gasteiger partial charge < -0.3 is 10.1 Å². The lowest BCUT2D eigenvalue weighted by Gasteiger charge is -2.17. The van der Waals surface area contributed by atoms with Gasteiger partial charge >= 0.3 is 0 Å². The minimum absolute atomic E-state index is 0.526. The van der Waals surface area contributed by atoms with E-state index in [4.69, 9.17) is 11.2 Å². The molecule has 0 radical (unpaired) electrons. The van der Waals surface area contributed by atoms with Gasteiger partial charge in [-0.1, -0.05) is 13.8 Å². The Hall–Kier alpha value is -0.520. The van der Waals surface area contributed by atoms with Crippen molar-refractivity contribution in [3.63, 3.8) is 0 Å².